The average molecular weight is 309 g/mol. The molecule has 2 aromatic carbocycles. The van der Waals surface area contributed by atoms with Crippen LogP contribution in [0.2, 0.25) is 0 Å². The van der Waals surface area contributed by atoms with Crippen molar-refractivity contribution in [3.05, 3.63) is 64.7 Å². The average Bonchev–Trinajstić information content (AvgIpc) is 3.04. The summed E-state index contributed by atoms with van der Waals surface area (Å²) >= 11 is 0. The number of carbonyl (C=O) groups is 1. The van der Waals surface area contributed by atoms with E-state index in [1.54, 1.807) is 0 Å². The quantitative estimate of drug-likeness (QED) is 0.628. The molecule has 0 N–H and O–H groups in total. The van der Waals surface area contributed by atoms with Crippen LogP contribution in [0.1, 0.15) is 39.9 Å². The van der Waals surface area contributed by atoms with Gasteiger partial charge in [0.05, 0.1) is 5.56 Å². The highest BCUT2D eigenvalue weighted by molar-refractivity contribution is 5.91. The summed E-state index contributed by atoms with van der Waals surface area (Å²) in [6.07, 6.45) is 2.54. The van der Waals surface area contributed by atoms with Crippen LogP contribution in [0.15, 0.2) is 42.5 Å². The molecule has 0 atom stereocenters. The first kappa shape index (κ1) is 15.8. The molecule has 1 saturated heterocycles. The number of nitrogens with zero attached hydrogens (tertiary/aromatic N) is 1. The molecule has 0 aromatic heterocycles. The highest BCUT2D eigenvalue weighted by Gasteiger charge is 2.15. The summed E-state index contributed by atoms with van der Waals surface area (Å²) in [5.41, 5.74) is 3.74. The molecule has 2 aromatic rings. The molecule has 0 radical (unpaired) electrons. The van der Waals surface area contributed by atoms with E-state index in [9.17, 15) is 4.79 Å². The predicted molar refractivity (Wildman–Crippen MR) is 91.8 cm³/mol. The van der Waals surface area contributed by atoms with Crippen molar-refractivity contribution < 1.29 is 9.53 Å². The molecule has 3 heteroatoms. The van der Waals surface area contributed by atoms with E-state index < -0.39 is 0 Å². The normalized spacial score (nSPS) is 14.9. The van der Waals surface area contributed by atoms with Crippen molar-refractivity contribution in [1.29, 1.82) is 0 Å². The Morgan fingerprint density at radius 1 is 1.04 bits per heavy atom. The third-order valence-corrected chi connectivity index (χ3v) is 4.37. The van der Waals surface area contributed by atoms with Crippen molar-refractivity contribution in [2.75, 3.05) is 13.1 Å². The summed E-state index contributed by atoms with van der Waals surface area (Å²) < 4.78 is 5.63. The van der Waals surface area contributed by atoms with Gasteiger partial charge in [0.1, 0.15) is 5.75 Å². The molecule has 0 saturated carbocycles. The van der Waals surface area contributed by atoms with E-state index in [2.05, 4.69) is 11.0 Å². The SMILES string of the molecule is Cc1cccc(C)c1OC(=O)c1cccc(CN2CCCC2)c1. The zero-order valence-corrected chi connectivity index (χ0v) is 13.8. The zero-order valence-electron chi connectivity index (χ0n) is 13.8. The molecule has 0 spiro atoms. The minimum atomic E-state index is -0.286. The summed E-state index contributed by atoms with van der Waals surface area (Å²) in [4.78, 5) is 14.9. The number of carbonyl (C=O) groups excluding carboxylic acids is 1. The Morgan fingerprint density at radius 3 is 2.39 bits per heavy atom. The Kier molecular flexibility index (Phi) is 4.77. The number of rotatable bonds is 4. The fourth-order valence-corrected chi connectivity index (χ4v) is 3.11. The minimum absolute atomic E-state index is 0.286. The first-order valence-electron chi connectivity index (χ1n) is 8.23. The van der Waals surface area contributed by atoms with E-state index in [0.717, 1.165) is 30.8 Å². The van der Waals surface area contributed by atoms with Gasteiger partial charge < -0.3 is 4.74 Å². The number of likely N-dealkylation sites (tertiary alicyclic amines) is 1. The topological polar surface area (TPSA) is 29.5 Å². The standard InChI is InChI=1S/C20H23NO2/c1-15-7-5-8-16(2)19(15)23-20(22)18-10-6-9-17(13-18)14-21-11-3-4-12-21/h5-10,13H,3-4,11-12,14H2,1-2H3. The van der Waals surface area contributed by atoms with Crippen LogP contribution in [0.5, 0.6) is 5.75 Å². The van der Waals surface area contributed by atoms with Gasteiger partial charge in [-0.15, -0.1) is 0 Å². The Bertz CT molecular complexity index is 682. The van der Waals surface area contributed by atoms with Gasteiger partial charge in [0.15, 0.2) is 0 Å². The molecule has 0 aliphatic carbocycles. The van der Waals surface area contributed by atoms with E-state index in [0.29, 0.717) is 11.3 Å². The van der Waals surface area contributed by atoms with Gasteiger partial charge in [0.2, 0.25) is 0 Å². The Balaban J connectivity index is 1.74. The van der Waals surface area contributed by atoms with Gasteiger partial charge in [-0.2, -0.15) is 0 Å². The maximum atomic E-state index is 12.5. The molecule has 120 valence electrons. The Labute approximate surface area is 137 Å². The smallest absolute Gasteiger partial charge is 0.343 e. The molecular formula is C20H23NO2. The van der Waals surface area contributed by atoms with Crippen molar-refractivity contribution in [2.45, 2.75) is 33.2 Å². The third-order valence-electron chi connectivity index (χ3n) is 4.37. The number of para-hydroxylation sites is 1. The van der Waals surface area contributed by atoms with Gasteiger partial charge in [-0.05, 0) is 68.6 Å². The van der Waals surface area contributed by atoms with Gasteiger partial charge in [0.25, 0.3) is 0 Å². The fourth-order valence-electron chi connectivity index (χ4n) is 3.11. The largest absolute Gasteiger partial charge is 0.422 e. The first-order chi connectivity index (χ1) is 11.1. The molecule has 1 fully saturated rings. The monoisotopic (exact) mass is 309 g/mol. The maximum Gasteiger partial charge on any atom is 0.343 e. The van der Waals surface area contributed by atoms with Gasteiger partial charge in [0, 0.05) is 6.54 Å². The molecule has 3 rings (SSSR count). The van der Waals surface area contributed by atoms with Crippen molar-refractivity contribution >= 4 is 5.97 Å². The van der Waals surface area contributed by atoms with Gasteiger partial charge in [-0.3, -0.25) is 4.90 Å². The maximum absolute atomic E-state index is 12.5. The lowest BCUT2D eigenvalue weighted by molar-refractivity contribution is 0.0732. The molecule has 1 aliphatic heterocycles. The van der Waals surface area contributed by atoms with Gasteiger partial charge in [-0.1, -0.05) is 30.3 Å². The second-order valence-corrected chi connectivity index (χ2v) is 6.29. The molecule has 0 amide bonds. The molecule has 23 heavy (non-hydrogen) atoms. The van der Waals surface area contributed by atoms with E-state index in [-0.39, 0.29) is 5.97 Å². The number of benzene rings is 2. The molecule has 0 unspecified atom stereocenters. The van der Waals surface area contributed by atoms with E-state index in [1.165, 1.54) is 18.4 Å². The van der Waals surface area contributed by atoms with Crippen molar-refractivity contribution in [2.24, 2.45) is 0 Å². The number of aryl methyl sites for hydroxylation is 2. The summed E-state index contributed by atoms with van der Waals surface area (Å²) in [7, 11) is 0. The van der Waals surface area contributed by atoms with Crippen LogP contribution in [-0.2, 0) is 6.54 Å². The minimum Gasteiger partial charge on any atom is -0.422 e. The molecule has 0 bridgehead atoms. The Hall–Kier alpha value is -2.13. The second-order valence-electron chi connectivity index (χ2n) is 6.29. The van der Waals surface area contributed by atoms with Crippen LogP contribution < -0.4 is 4.74 Å². The summed E-state index contributed by atoms with van der Waals surface area (Å²) in [6.45, 7) is 7.12. The van der Waals surface area contributed by atoms with E-state index >= 15 is 0 Å². The predicted octanol–water partition coefficient (Wildman–Crippen LogP) is 4.12. The summed E-state index contributed by atoms with van der Waals surface area (Å²) in [6, 6.07) is 13.7. The van der Waals surface area contributed by atoms with Crippen LogP contribution in [-0.4, -0.2) is 24.0 Å². The van der Waals surface area contributed by atoms with Crippen LogP contribution in [0.4, 0.5) is 0 Å². The zero-order chi connectivity index (χ0) is 16.2. The van der Waals surface area contributed by atoms with Crippen molar-refractivity contribution in [3.8, 4) is 5.75 Å². The highest BCUT2D eigenvalue weighted by atomic mass is 16.5. The number of hydrogen-bond acceptors (Lipinski definition) is 3. The van der Waals surface area contributed by atoms with Crippen molar-refractivity contribution in [3.63, 3.8) is 0 Å². The van der Waals surface area contributed by atoms with Crippen molar-refractivity contribution in [1.82, 2.24) is 4.90 Å². The molecular weight excluding hydrogens is 286 g/mol. The number of ether oxygens (including phenoxy) is 1. The molecule has 1 heterocycles. The van der Waals surface area contributed by atoms with E-state index in [4.69, 9.17) is 4.74 Å². The number of hydrogen-bond donors (Lipinski definition) is 0. The summed E-state index contributed by atoms with van der Waals surface area (Å²) in [5, 5.41) is 0. The lowest BCUT2D eigenvalue weighted by Gasteiger charge is -2.15. The van der Waals surface area contributed by atoms with Crippen LogP contribution >= 0.6 is 0 Å². The highest BCUT2D eigenvalue weighted by Crippen LogP contribution is 2.24. The number of esters is 1. The third kappa shape index (κ3) is 3.80. The van der Waals surface area contributed by atoms with Gasteiger partial charge in [-0.25, -0.2) is 4.79 Å². The lowest BCUT2D eigenvalue weighted by atomic mass is 10.1. The molecule has 1 aliphatic rings. The summed E-state index contributed by atoms with van der Waals surface area (Å²) in [5.74, 6) is 0.383. The second kappa shape index (κ2) is 6.97. The molecule has 3 nitrogen and oxygen atoms in total. The van der Waals surface area contributed by atoms with Crippen LogP contribution in [0.25, 0.3) is 0 Å². The van der Waals surface area contributed by atoms with Gasteiger partial charge >= 0.3 is 5.97 Å². The van der Waals surface area contributed by atoms with Crippen LogP contribution in [0.3, 0.4) is 0 Å². The Morgan fingerprint density at radius 2 is 1.70 bits per heavy atom. The van der Waals surface area contributed by atoms with Crippen LogP contribution in [0, 0.1) is 13.8 Å². The fraction of sp³-hybridized carbons (Fsp3) is 0.350. The lowest BCUT2D eigenvalue weighted by Crippen LogP contribution is -2.18. The first-order valence-corrected chi connectivity index (χ1v) is 8.23. The van der Waals surface area contributed by atoms with E-state index in [1.807, 2.05) is 50.2 Å².